The van der Waals surface area contributed by atoms with E-state index in [1.54, 1.807) is 17.0 Å². The fourth-order valence-electron chi connectivity index (χ4n) is 2.37. The number of benzene rings is 2. The summed E-state index contributed by atoms with van der Waals surface area (Å²) in [7, 11) is 0. The van der Waals surface area contributed by atoms with E-state index in [9.17, 15) is 9.18 Å². The van der Waals surface area contributed by atoms with Crippen molar-refractivity contribution in [3.8, 4) is 0 Å². The molecule has 3 rings (SSSR count). The Balaban J connectivity index is 1.79. The number of thioether (sulfide) groups is 1. The second kappa shape index (κ2) is 7.80. The topological polar surface area (TPSA) is 33.2 Å². The summed E-state index contributed by atoms with van der Waals surface area (Å²) in [5.74, 6) is 0.234. The van der Waals surface area contributed by atoms with E-state index in [2.05, 4.69) is 4.98 Å². The largest absolute Gasteiger partial charge is 0.274 e. The lowest BCUT2D eigenvalue weighted by molar-refractivity contribution is -0.115. The van der Waals surface area contributed by atoms with Crippen molar-refractivity contribution in [2.45, 2.75) is 24.5 Å². The molecular weight excluding hydrogens is 355 g/mol. The average molecular weight is 372 g/mol. The van der Waals surface area contributed by atoms with Gasteiger partial charge in [-0.1, -0.05) is 24.3 Å². The number of aromatic nitrogens is 1. The van der Waals surface area contributed by atoms with Crippen molar-refractivity contribution in [1.29, 1.82) is 0 Å². The van der Waals surface area contributed by atoms with Crippen molar-refractivity contribution in [3.63, 3.8) is 0 Å². The summed E-state index contributed by atoms with van der Waals surface area (Å²) in [6.45, 7) is 3.51. The number of nitrogens with zero attached hydrogens (tertiary/aromatic N) is 2. The maximum Gasteiger partial charge on any atom is 0.230 e. The van der Waals surface area contributed by atoms with Gasteiger partial charge in [-0.3, -0.25) is 9.69 Å². The van der Waals surface area contributed by atoms with Crippen LogP contribution in [-0.2, 0) is 10.5 Å². The Bertz CT molecular complexity index is 894. The minimum atomic E-state index is -0.229. The van der Waals surface area contributed by atoms with Crippen LogP contribution >= 0.6 is 23.1 Å². The smallest absolute Gasteiger partial charge is 0.230 e. The number of hydrogen-bond donors (Lipinski definition) is 0. The number of carbonyl (C=O) groups is 1. The molecule has 3 nitrogen and oxygen atoms in total. The highest BCUT2D eigenvalue weighted by Gasteiger charge is 2.18. The van der Waals surface area contributed by atoms with Gasteiger partial charge in [-0.25, -0.2) is 9.37 Å². The van der Waals surface area contributed by atoms with Crippen molar-refractivity contribution in [1.82, 2.24) is 4.98 Å². The van der Waals surface area contributed by atoms with Crippen molar-refractivity contribution in [3.05, 3.63) is 71.0 Å². The number of thiazole rings is 1. The number of hydrogen-bond acceptors (Lipinski definition) is 4. The Morgan fingerprint density at radius 3 is 2.76 bits per heavy atom. The number of amides is 1. The number of carbonyl (C=O) groups excluding carboxylic acids is 1. The Hall–Kier alpha value is -2.18. The van der Waals surface area contributed by atoms with Crippen LogP contribution in [-0.4, -0.2) is 10.9 Å². The molecule has 0 fully saturated rings. The lowest BCUT2D eigenvalue weighted by Gasteiger charge is -2.18. The third-order valence-corrected chi connectivity index (χ3v) is 5.47. The zero-order valence-corrected chi connectivity index (χ0v) is 15.5. The Morgan fingerprint density at radius 1 is 1.24 bits per heavy atom. The summed E-state index contributed by atoms with van der Waals surface area (Å²) in [6.07, 6.45) is 0. The van der Waals surface area contributed by atoms with Crippen LogP contribution in [0.3, 0.4) is 0 Å². The van der Waals surface area contributed by atoms with Crippen LogP contribution in [0.4, 0.5) is 15.2 Å². The van der Waals surface area contributed by atoms with Crippen LogP contribution in [0.25, 0.3) is 0 Å². The molecule has 1 amide bonds. The maximum absolute atomic E-state index is 13.7. The molecule has 0 spiro atoms. The molecule has 6 heteroatoms. The first-order valence-electron chi connectivity index (χ1n) is 7.73. The van der Waals surface area contributed by atoms with Gasteiger partial charge in [0.15, 0.2) is 5.13 Å². The van der Waals surface area contributed by atoms with Crippen LogP contribution in [0.1, 0.15) is 18.2 Å². The predicted octanol–water partition coefficient (Wildman–Crippen LogP) is 5.57. The first-order chi connectivity index (χ1) is 12.0. The second-order valence-corrected chi connectivity index (χ2v) is 7.39. The monoisotopic (exact) mass is 372 g/mol. The summed E-state index contributed by atoms with van der Waals surface area (Å²) >= 11 is 2.81. The van der Waals surface area contributed by atoms with Gasteiger partial charge in [0.1, 0.15) is 5.82 Å². The zero-order valence-electron chi connectivity index (χ0n) is 13.9. The lowest BCUT2D eigenvalue weighted by atomic mass is 10.2. The standard InChI is InChI=1S/C19H17FN2OS2/c1-13-6-5-7-16(10-13)22(14(2)23)19-21-15(12-25-19)11-24-18-9-4-3-8-17(18)20/h3-10,12H,11H2,1-2H3. The lowest BCUT2D eigenvalue weighted by Crippen LogP contribution is -2.22. The van der Waals surface area contributed by atoms with Gasteiger partial charge < -0.3 is 0 Å². The van der Waals surface area contributed by atoms with Crippen LogP contribution in [0, 0.1) is 12.7 Å². The molecule has 0 aliphatic rings. The van der Waals surface area contributed by atoms with Crippen LogP contribution in [0.2, 0.25) is 0 Å². The molecule has 0 N–H and O–H groups in total. The van der Waals surface area contributed by atoms with E-state index in [1.807, 2.05) is 42.6 Å². The fourth-order valence-corrected chi connectivity index (χ4v) is 4.20. The summed E-state index contributed by atoms with van der Waals surface area (Å²) < 4.78 is 13.7. The molecule has 0 bridgehead atoms. The summed E-state index contributed by atoms with van der Waals surface area (Å²) in [4.78, 5) is 18.9. The summed E-state index contributed by atoms with van der Waals surface area (Å²) in [6, 6.07) is 14.4. The van der Waals surface area contributed by atoms with E-state index in [1.165, 1.54) is 36.1 Å². The summed E-state index contributed by atoms with van der Waals surface area (Å²) in [5.41, 5.74) is 2.71. The van der Waals surface area contributed by atoms with E-state index >= 15 is 0 Å². The summed E-state index contributed by atoms with van der Waals surface area (Å²) in [5, 5.41) is 2.54. The van der Waals surface area contributed by atoms with Crippen LogP contribution < -0.4 is 4.90 Å². The molecule has 128 valence electrons. The van der Waals surface area contributed by atoms with Gasteiger partial charge in [0, 0.05) is 23.0 Å². The van der Waals surface area contributed by atoms with Crippen molar-refractivity contribution >= 4 is 39.8 Å². The Labute approximate surface area is 154 Å². The van der Waals surface area contributed by atoms with E-state index < -0.39 is 0 Å². The van der Waals surface area contributed by atoms with Crippen molar-refractivity contribution < 1.29 is 9.18 Å². The Kier molecular flexibility index (Phi) is 5.50. The first kappa shape index (κ1) is 17.6. The van der Waals surface area contributed by atoms with Gasteiger partial charge in [-0.05, 0) is 36.8 Å². The molecule has 0 unspecified atom stereocenters. The quantitative estimate of drug-likeness (QED) is 0.549. The molecule has 0 aliphatic carbocycles. The van der Waals surface area contributed by atoms with E-state index in [4.69, 9.17) is 0 Å². The van der Waals surface area contributed by atoms with Gasteiger partial charge in [-0.2, -0.15) is 0 Å². The zero-order chi connectivity index (χ0) is 17.8. The molecule has 25 heavy (non-hydrogen) atoms. The fraction of sp³-hybridized carbons (Fsp3) is 0.158. The number of anilines is 2. The molecule has 0 aliphatic heterocycles. The third-order valence-electron chi connectivity index (χ3n) is 3.52. The van der Waals surface area contributed by atoms with E-state index in [0.29, 0.717) is 15.8 Å². The van der Waals surface area contributed by atoms with Gasteiger partial charge in [0.05, 0.1) is 11.4 Å². The minimum Gasteiger partial charge on any atom is -0.274 e. The van der Waals surface area contributed by atoms with E-state index in [0.717, 1.165) is 16.9 Å². The highest BCUT2D eigenvalue weighted by Crippen LogP contribution is 2.32. The van der Waals surface area contributed by atoms with Gasteiger partial charge >= 0.3 is 0 Å². The van der Waals surface area contributed by atoms with E-state index in [-0.39, 0.29) is 11.7 Å². The first-order valence-corrected chi connectivity index (χ1v) is 9.60. The van der Waals surface area contributed by atoms with Gasteiger partial charge in [-0.15, -0.1) is 23.1 Å². The minimum absolute atomic E-state index is 0.0896. The van der Waals surface area contributed by atoms with Crippen LogP contribution in [0.5, 0.6) is 0 Å². The van der Waals surface area contributed by atoms with Crippen molar-refractivity contribution in [2.75, 3.05) is 4.90 Å². The molecule has 0 radical (unpaired) electrons. The molecule has 0 atom stereocenters. The van der Waals surface area contributed by atoms with Gasteiger partial charge in [0.25, 0.3) is 0 Å². The van der Waals surface area contributed by atoms with Crippen molar-refractivity contribution in [2.24, 2.45) is 0 Å². The third kappa shape index (κ3) is 4.27. The maximum atomic E-state index is 13.7. The number of aryl methyl sites for hydroxylation is 1. The molecular formula is C19H17FN2OS2. The molecule has 1 aromatic heterocycles. The molecule has 2 aromatic carbocycles. The SMILES string of the molecule is CC(=O)N(c1cccc(C)c1)c1nc(CSc2ccccc2F)cs1. The van der Waals surface area contributed by atoms with Crippen LogP contribution in [0.15, 0.2) is 58.8 Å². The molecule has 0 saturated heterocycles. The highest BCUT2D eigenvalue weighted by molar-refractivity contribution is 7.98. The number of halogens is 1. The van der Waals surface area contributed by atoms with Gasteiger partial charge in [0.2, 0.25) is 5.91 Å². The Morgan fingerprint density at radius 2 is 2.04 bits per heavy atom. The average Bonchev–Trinajstić information content (AvgIpc) is 3.02. The normalized spacial score (nSPS) is 10.7. The highest BCUT2D eigenvalue weighted by atomic mass is 32.2. The predicted molar refractivity (Wildman–Crippen MR) is 102 cm³/mol. The molecule has 1 heterocycles. The second-order valence-electron chi connectivity index (χ2n) is 5.53. The molecule has 3 aromatic rings. The molecule has 0 saturated carbocycles. The number of rotatable bonds is 5.